The van der Waals surface area contributed by atoms with Gasteiger partial charge in [0.1, 0.15) is 0 Å². The minimum absolute atomic E-state index is 0.192. The number of pyridine rings is 1. The van der Waals surface area contributed by atoms with E-state index in [1.165, 1.54) is 5.57 Å². The van der Waals surface area contributed by atoms with Gasteiger partial charge in [-0.3, -0.25) is 9.78 Å². The summed E-state index contributed by atoms with van der Waals surface area (Å²) in [5.41, 5.74) is 5.13. The number of amides is 1. The van der Waals surface area contributed by atoms with Crippen LogP contribution in [-0.2, 0) is 11.2 Å². The van der Waals surface area contributed by atoms with Crippen LogP contribution in [0, 0.1) is 5.92 Å². The molecule has 27 heavy (non-hydrogen) atoms. The Balaban J connectivity index is 1.60. The third-order valence-electron chi connectivity index (χ3n) is 5.23. The number of carbonyl (C=O) groups excluding carboxylic acids is 1. The summed E-state index contributed by atoms with van der Waals surface area (Å²) in [6.45, 7) is 0. The predicted molar refractivity (Wildman–Crippen MR) is 104 cm³/mol. The van der Waals surface area contributed by atoms with Crippen molar-refractivity contribution in [3.05, 3.63) is 83.3 Å². The highest BCUT2D eigenvalue weighted by atomic mass is 16.3. The first-order chi connectivity index (χ1) is 13.2. The van der Waals surface area contributed by atoms with Crippen LogP contribution in [0.2, 0.25) is 0 Å². The van der Waals surface area contributed by atoms with E-state index in [0.29, 0.717) is 6.42 Å². The van der Waals surface area contributed by atoms with Gasteiger partial charge >= 0.3 is 0 Å². The number of nitrogens with one attached hydrogen (secondary N) is 2. The van der Waals surface area contributed by atoms with Gasteiger partial charge < -0.3 is 15.7 Å². The van der Waals surface area contributed by atoms with Gasteiger partial charge in [0.2, 0.25) is 6.35 Å². The first-order valence-corrected chi connectivity index (χ1v) is 9.32. The van der Waals surface area contributed by atoms with Crippen LogP contribution in [0.25, 0.3) is 5.57 Å². The zero-order chi connectivity index (χ0) is 18.6. The van der Waals surface area contributed by atoms with Crippen LogP contribution >= 0.6 is 0 Å². The largest absolute Gasteiger partial charge is 0.356 e. The number of carbonyl (C=O) groups is 1. The maximum Gasteiger partial charge on any atom is 0.252 e. The maximum atomic E-state index is 12.6. The number of hydrogen-bond donors (Lipinski definition) is 3. The third kappa shape index (κ3) is 3.93. The molecule has 1 aromatic heterocycles. The summed E-state index contributed by atoms with van der Waals surface area (Å²) in [4.78, 5) is 16.8. The second-order valence-corrected chi connectivity index (χ2v) is 7.02. The van der Waals surface area contributed by atoms with Crippen molar-refractivity contribution in [3.63, 3.8) is 0 Å². The minimum Gasteiger partial charge on any atom is -0.356 e. The third-order valence-corrected chi connectivity index (χ3v) is 5.23. The number of rotatable bonds is 4. The van der Waals surface area contributed by atoms with Gasteiger partial charge in [0.05, 0.1) is 0 Å². The molecule has 0 spiro atoms. The molecule has 5 nitrogen and oxygen atoms in total. The summed E-state index contributed by atoms with van der Waals surface area (Å²) in [7, 11) is 0. The summed E-state index contributed by atoms with van der Waals surface area (Å²) in [5, 5.41) is 15.7. The second-order valence-electron chi connectivity index (χ2n) is 7.02. The molecule has 1 aliphatic carbocycles. The van der Waals surface area contributed by atoms with E-state index in [2.05, 4.69) is 27.8 Å². The van der Waals surface area contributed by atoms with Gasteiger partial charge in [-0.05, 0) is 42.0 Å². The van der Waals surface area contributed by atoms with Crippen LogP contribution in [-0.4, -0.2) is 22.3 Å². The van der Waals surface area contributed by atoms with Gasteiger partial charge in [0.25, 0.3) is 5.91 Å². The van der Waals surface area contributed by atoms with Crippen LogP contribution in [0.15, 0.2) is 72.2 Å². The molecule has 2 aromatic rings. The van der Waals surface area contributed by atoms with Crippen molar-refractivity contribution >= 4 is 11.5 Å². The molecule has 0 radical (unpaired) electrons. The lowest BCUT2D eigenvalue weighted by molar-refractivity contribution is -0.122. The molecule has 0 saturated carbocycles. The number of hydrogen-bond acceptors (Lipinski definition) is 4. The highest BCUT2D eigenvalue weighted by Crippen LogP contribution is 2.35. The lowest BCUT2D eigenvalue weighted by atomic mass is 9.82. The first-order valence-electron chi connectivity index (χ1n) is 9.32. The normalized spacial score (nSPS) is 22.7. The molecule has 4 rings (SSSR count). The Morgan fingerprint density at radius 1 is 1.11 bits per heavy atom. The number of aliphatic hydroxyl groups excluding tert-OH is 1. The summed E-state index contributed by atoms with van der Waals surface area (Å²) in [5.74, 6) is 0.00646. The molecular formula is C22H23N3O2. The standard InChI is InChI=1S/C22H23N3O2/c26-21-19(13-15-5-2-1-3-6-15)20(24-22(27)25-21)17-10-8-16(9-11-17)18-7-4-12-23-14-18/h1-8,12,14,17,22,24,27H,9-11,13H2,(H,25,26). The fraction of sp³-hybridized carbons (Fsp3) is 0.273. The lowest BCUT2D eigenvalue weighted by Gasteiger charge is -2.33. The molecule has 2 atom stereocenters. The van der Waals surface area contributed by atoms with Crippen LogP contribution in [0.3, 0.4) is 0 Å². The summed E-state index contributed by atoms with van der Waals surface area (Å²) >= 11 is 0. The van der Waals surface area contributed by atoms with Gasteiger partial charge in [-0.2, -0.15) is 0 Å². The molecule has 0 saturated heterocycles. The molecular weight excluding hydrogens is 338 g/mol. The van der Waals surface area contributed by atoms with Crippen molar-refractivity contribution in [2.24, 2.45) is 5.92 Å². The van der Waals surface area contributed by atoms with E-state index < -0.39 is 6.35 Å². The van der Waals surface area contributed by atoms with Gasteiger partial charge in [-0.15, -0.1) is 0 Å². The molecule has 2 heterocycles. The molecule has 1 aliphatic heterocycles. The molecule has 1 amide bonds. The Morgan fingerprint density at radius 3 is 2.67 bits per heavy atom. The van der Waals surface area contributed by atoms with Crippen molar-refractivity contribution in [2.45, 2.75) is 32.0 Å². The quantitative estimate of drug-likeness (QED) is 0.783. The predicted octanol–water partition coefficient (Wildman–Crippen LogP) is 2.76. The topological polar surface area (TPSA) is 74.2 Å². The van der Waals surface area contributed by atoms with Gasteiger partial charge in [0, 0.05) is 36.0 Å². The summed E-state index contributed by atoms with van der Waals surface area (Å²) in [6, 6.07) is 14.0. The molecule has 138 valence electrons. The number of nitrogens with zero attached hydrogens (tertiary/aromatic N) is 1. The van der Waals surface area contributed by atoms with E-state index in [4.69, 9.17) is 0 Å². The Bertz CT molecular complexity index is 875. The van der Waals surface area contributed by atoms with E-state index in [-0.39, 0.29) is 11.8 Å². The van der Waals surface area contributed by atoms with E-state index >= 15 is 0 Å². The van der Waals surface area contributed by atoms with Crippen LogP contribution in [0.1, 0.15) is 30.4 Å². The second kappa shape index (κ2) is 7.76. The lowest BCUT2D eigenvalue weighted by Crippen LogP contribution is -2.52. The van der Waals surface area contributed by atoms with Crippen LogP contribution in [0.4, 0.5) is 0 Å². The molecule has 2 aliphatic rings. The van der Waals surface area contributed by atoms with Crippen LogP contribution in [0.5, 0.6) is 0 Å². The van der Waals surface area contributed by atoms with E-state index in [1.54, 1.807) is 6.20 Å². The average molecular weight is 361 g/mol. The Morgan fingerprint density at radius 2 is 1.96 bits per heavy atom. The Kier molecular flexibility index (Phi) is 5.03. The minimum atomic E-state index is -1.03. The molecule has 2 unspecified atom stereocenters. The molecule has 3 N–H and O–H groups in total. The molecule has 1 aromatic carbocycles. The van der Waals surface area contributed by atoms with Gasteiger partial charge in [-0.1, -0.05) is 42.5 Å². The zero-order valence-electron chi connectivity index (χ0n) is 15.1. The van der Waals surface area contributed by atoms with Crippen molar-refractivity contribution in [1.29, 1.82) is 0 Å². The highest BCUT2D eigenvalue weighted by Gasteiger charge is 2.30. The number of aliphatic hydroxyl groups is 1. The van der Waals surface area contributed by atoms with E-state index in [1.807, 2.05) is 42.6 Å². The Hall–Kier alpha value is -2.92. The molecule has 0 fully saturated rings. The van der Waals surface area contributed by atoms with Gasteiger partial charge in [-0.25, -0.2) is 0 Å². The zero-order valence-corrected chi connectivity index (χ0v) is 15.1. The first kappa shape index (κ1) is 17.5. The van der Waals surface area contributed by atoms with Gasteiger partial charge in [0.15, 0.2) is 0 Å². The number of benzene rings is 1. The smallest absolute Gasteiger partial charge is 0.252 e. The number of aromatic nitrogens is 1. The fourth-order valence-electron chi connectivity index (χ4n) is 3.86. The molecule has 5 heteroatoms. The van der Waals surface area contributed by atoms with Crippen molar-refractivity contribution < 1.29 is 9.90 Å². The Labute approximate surface area is 158 Å². The van der Waals surface area contributed by atoms with Crippen LogP contribution < -0.4 is 10.6 Å². The van der Waals surface area contributed by atoms with Crippen molar-refractivity contribution in [3.8, 4) is 0 Å². The fourth-order valence-corrected chi connectivity index (χ4v) is 3.86. The highest BCUT2D eigenvalue weighted by molar-refractivity contribution is 5.95. The van der Waals surface area contributed by atoms with Crippen molar-refractivity contribution in [2.75, 3.05) is 0 Å². The summed E-state index contributed by atoms with van der Waals surface area (Å²) in [6.07, 6.45) is 8.13. The van der Waals surface area contributed by atoms with Crippen molar-refractivity contribution in [1.82, 2.24) is 15.6 Å². The summed E-state index contributed by atoms with van der Waals surface area (Å²) < 4.78 is 0. The van der Waals surface area contributed by atoms with E-state index in [0.717, 1.165) is 41.7 Å². The number of allylic oxidation sites excluding steroid dienone is 3. The SMILES string of the molecule is O=C1NC(O)NC(C2CC=C(c3cccnc3)CC2)=C1Cc1ccccc1. The maximum absolute atomic E-state index is 12.6. The van der Waals surface area contributed by atoms with E-state index in [9.17, 15) is 9.90 Å². The average Bonchev–Trinajstić information content (AvgIpc) is 2.71. The monoisotopic (exact) mass is 361 g/mol. The molecule has 0 bridgehead atoms.